The normalized spacial score (nSPS) is 27.9. The van der Waals surface area contributed by atoms with Gasteiger partial charge in [-0.2, -0.15) is 0 Å². The fourth-order valence-electron chi connectivity index (χ4n) is 8.25. The molecule has 3 aliphatic carbocycles. The van der Waals surface area contributed by atoms with Crippen LogP contribution in [0, 0.1) is 23.7 Å². The van der Waals surface area contributed by atoms with Gasteiger partial charge in [0, 0.05) is 16.2 Å². The molecule has 0 saturated heterocycles. The molecule has 160 valence electrons. The molecule has 2 heteroatoms. The molecule has 0 radical (unpaired) electrons. The molecule has 3 aliphatic rings. The summed E-state index contributed by atoms with van der Waals surface area (Å²) in [5.41, 5.74) is 2.63. The van der Waals surface area contributed by atoms with Gasteiger partial charge in [-0.25, -0.2) is 0 Å². The lowest BCUT2D eigenvalue weighted by Gasteiger charge is -2.45. The second kappa shape index (κ2) is 6.51. The molecular weight excluding hydrogens is 392 g/mol. The molecule has 0 aliphatic heterocycles. The standard InChI is InChI=1S/C30H28O2/c31-28-14-12-25(21-6-1-3-8-23(21)28)30(17-18-16-27(30)20-11-5-10-19(18)20)26-13-15-29(32)24-9-4-2-7-22(24)26/h1-4,6-9,12-15,18-20,27,31-32H,5,10-11,16-17H2. The molecular formula is C30H28O2. The van der Waals surface area contributed by atoms with Gasteiger partial charge in [0.1, 0.15) is 11.5 Å². The molecule has 4 aromatic rings. The van der Waals surface area contributed by atoms with Gasteiger partial charge >= 0.3 is 0 Å². The minimum absolute atomic E-state index is 0.0865. The van der Waals surface area contributed by atoms with Crippen molar-refractivity contribution in [3.8, 4) is 11.5 Å². The van der Waals surface area contributed by atoms with Crippen molar-refractivity contribution in [3.05, 3.63) is 83.9 Å². The van der Waals surface area contributed by atoms with Gasteiger partial charge in [-0.05, 0) is 83.4 Å². The van der Waals surface area contributed by atoms with Gasteiger partial charge < -0.3 is 10.2 Å². The monoisotopic (exact) mass is 420 g/mol. The van der Waals surface area contributed by atoms with Crippen molar-refractivity contribution in [2.24, 2.45) is 23.7 Å². The van der Waals surface area contributed by atoms with E-state index in [1.54, 1.807) is 0 Å². The highest BCUT2D eigenvalue weighted by Crippen LogP contribution is 2.69. The highest BCUT2D eigenvalue weighted by Gasteiger charge is 2.62. The summed E-state index contributed by atoms with van der Waals surface area (Å²) in [7, 11) is 0. The Bertz CT molecular complexity index is 1280. The largest absolute Gasteiger partial charge is 0.507 e. The minimum Gasteiger partial charge on any atom is -0.507 e. The topological polar surface area (TPSA) is 40.5 Å². The Labute approximate surface area is 188 Å². The Kier molecular flexibility index (Phi) is 3.78. The third-order valence-electron chi connectivity index (χ3n) is 9.28. The molecule has 2 N–H and O–H groups in total. The van der Waals surface area contributed by atoms with E-state index in [9.17, 15) is 10.2 Å². The first-order chi connectivity index (χ1) is 15.7. The van der Waals surface area contributed by atoms with Crippen molar-refractivity contribution >= 4 is 21.5 Å². The molecule has 7 rings (SSSR count). The first-order valence-electron chi connectivity index (χ1n) is 12.1. The summed E-state index contributed by atoms with van der Waals surface area (Å²) in [5, 5.41) is 25.5. The Morgan fingerprint density at radius 3 is 1.75 bits per heavy atom. The first-order valence-corrected chi connectivity index (χ1v) is 12.1. The third kappa shape index (κ3) is 2.25. The number of hydrogen-bond donors (Lipinski definition) is 2. The highest BCUT2D eigenvalue weighted by molar-refractivity contribution is 5.95. The summed E-state index contributed by atoms with van der Waals surface area (Å²) >= 11 is 0. The van der Waals surface area contributed by atoms with Crippen LogP contribution < -0.4 is 0 Å². The number of phenols is 2. The molecule has 0 aromatic heterocycles. The van der Waals surface area contributed by atoms with Crippen LogP contribution in [0.5, 0.6) is 11.5 Å². The number of benzene rings is 4. The second-order valence-electron chi connectivity index (χ2n) is 10.4. The van der Waals surface area contributed by atoms with E-state index in [1.807, 2.05) is 36.4 Å². The molecule has 4 atom stereocenters. The van der Waals surface area contributed by atoms with Crippen molar-refractivity contribution in [2.75, 3.05) is 0 Å². The Morgan fingerprint density at radius 1 is 0.625 bits per heavy atom. The molecule has 0 amide bonds. The van der Waals surface area contributed by atoms with Gasteiger partial charge in [0.2, 0.25) is 0 Å². The van der Waals surface area contributed by atoms with E-state index in [0.29, 0.717) is 17.4 Å². The SMILES string of the molecule is Oc1ccc(C2(c3ccc(O)c4ccccc34)CC3CC2C2CCCC32)c2ccccc12. The molecule has 3 fully saturated rings. The number of hydrogen-bond acceptors (Lipinski definition) is 2. The maximum Gasteiger partial charge on any atom is 0.123 e. The fraction of sp³-hybridized carbons (Fsp3) is 0.333. The maximum atomic E-state index is 10.7. The maximum absolute atomic E-state index is 10.7. The van der Waals surface area contributed by atoms with Crippen LogP contribution >= 0.6 is 0 Å². The second-order valence-corrected chi connectivity index (χ2v) is 10.4. The van der Waals surface area contributed by atoms with Crippen LogP contribution in [-0.2, 0) is 5.41 Å². The summed E-state index contributed by atoms with van der Waals surface area (Å²) in [6, 6.07) is 24.9. The molecule has 32 heavy (non-hydrogen) atoms. The van der Waals surface area contributed by atoms with E-state index in [-0.39, 0.29) is 5.41 Å². The molecule has 0 heterocycles. The summed E-state index contributed by atoms with van der Waals surface area (Å²) in [5.74, 6) is 3.77. The highest BCUT2D eigenvalue weighted by atomic mass is 16.3. The zero-order valence-corrected chi connectivity index (χ0v) is 18.2. The van der Waals surface area contributed by atoms with Crippen molar-refractivity contribution in [1.29, 1.82) is 0 Å². The Morgan fingerprint density at radius 2 is 1.16 bits per heavy atom. The minimum atomic E-state index is -0.0865. The first kappa shape index (κ1) is 18.6. The molecule has 3 saturated carbocycles. The van der Waals surface area contributed by atoms with Crippen molar-refractivity contribution in [3.63, 3.8) is 0 Å². The van der Waals surface area contributed by atoms with Crippen LogP contribution in [0.1, 0.15) is 43.2 Å². The molecule has 0 spiro atoms. The van der Waals surface area contributed by atoms with Gasteiger partial charge in [0.25, 0.3) is 0 Å². The van der Waals surface area contributed by atoms with E-state index in [1.165, 1.54) is 54.0 Å². The van der Waals surface area contributed by atoms with Gasteiger partial charge in [0.15, 0.2) is 0 Å². The predicted octanol–water partition coefficient (Wildman–Crippen LogP) is 7.15. The third-order valence-corrected chi connectivity index (χ3v) is 9.28. The lowest BCUT2D eigenvalue weighted by molar-refractivity contribution is 0.183. The van der Waals surface area contributed by atoms with E-state index < -0.39 is 0 Å². The van der Waals surface area contributed by atoms with Crippen LogP contribution in [0.4, 0.5) is 0 Å². The van der Waals surface area contributed by atoms with Crippen molar-refractivity contribution < 1.29 is 10.2 Å². The molecule has 4 aromatic carbocycles. The van der Waals surface area contributed by atoms with Gasteiger partial charge in [-0.3, -0.25) is 0 Å². The lowest BCUT2D eigenvalue weighted by Crippen LogP contribution is -2.40. The van der Waals surface area contributed by atoms with Crippen molar-refractivity contribution in [2.45, 2.75) is 37.5 Å². The average Bonchev–Trinajstić information content (AvgIpc) is 3.53. The quantitative estimate of drug-likeness (QED) is 0.362. The molecule has 2 nitrogen and oxygen atoms in total. The van der Waals surface area contributed by atoms with E-state index in [4.69, 9.17) is 0 Å². The van der Waals surface area contributed by atoms with Crippen LogP contribution in [0.2, 0.25) is 0 Å². The lowest BCUT2D eigenvalue weighted by atomic mass is 9.58. The Hall–Kier alpha value is -3.00. The zero-order chi connectivity index (χ0) is 21.4. The summed E-state index contributed by atoms with van der Waals surface area (Å²) in [4.78, 5) is 0. The molecule has 2 bridgehead atoms. The van der Waals surface area contributed by atoms with Crippen LogP contribution in [0.15, 0.2) is 72.8 Å². The van der Waals surface area contributed by atoms with Gasteiger partial charge in [-0.15, -0.1) is 0 Å². The number of aromatic hydroxyl groups is 2. The Balaban J connectivity index is 1.58. The van der Waals surface area contributed by atoms with Gasteiger partial charge in [0.05, 0.1) is 0 Å². The van der Waals surface area contributed by atoms with Crippen LogP contribution in [-0.4, -0.2) is 10.2 Å². The van der Waals surface area contributed by atoms with Crippen LogP contribution in [0.3, 0.4) is 0 Å². The number of rotatable bonds is 2. The van der Waals surface area contributed by atoms with E-state index in [0.717, 1.165) is 28.5 Å². The zero-order valence-electron chi connectivity index (χ0n) is 18.2. The molecule has 4 unspecified atom stereocenters. The predicted molar refractivity (Wildman–Crippen MR) is 129 cm³/mol. The van der Waals surface area contributed by atoms with Crippen LogP contribution in [0.25, 0.3) is 21.5 Å². The number of phenolic OH excluding ortho intramolecular Hbond substituents is 2. The van der Waals surface area contributed by atoms with Gasteiger partial charge in [-0.1, -0.05) is 67.1 Å². The van der Waals surface area contributed by atoms with Crippen molar-refractivity contribution in [1.82, 2.24) is 0 Å². The number of fused-ring (bicyclic) bond motifs is 7. The van der Waals surface area contributed by atoms with E-state index in [2.05, 4.69) is 36.4 Å². The fourth-order valence-corrected chi connectivity index (χ4v) is 8.25. The summed E-state index contributed by atoms with van der Waals surface area (Å²) < 4.78 is 0. The summed E-state index contributed by atoms with van der Waals surface area (Å²) in [6.07, 6.45) is 6.58. The summed E-state index contributed by atoms with van der Waals surface area (Å²) in [6.45, 7) is 0. The van der Waals surface area contributed by atoms with E-state index >= 15 is 0 Å². The average molecular weight is 421 g/mol. The smallest absolute Gasteiger partial charge is 0.123 e.